The zero-order valence-corrected chi connectivity index (χ0v) is 18.3. The van der Waals surface area contributed by atoms with Crippen molar-refractivity contribution in [3.8, 4) is 11.3 Å². The molecule has 0 fully saturated rings. The van der Waals surface area contributed by atoms with Gasteiger partial charge in [0, 0.05) is 23.9 Å². The largest absolute Gasteiger partial charge is 0.465 e. The fourth-order valence-corrected chi connectivity index (χ4v) is 3.58. The first-order valence-electron chi connectivity index (χ1n) is 10.2. The van der Waals surface area contributed by atoms with Gasteiger partial charge in [-0.1, -0.05) is 35.9 Å². The molecule has 4 aromatic rings. The Labute approximate surface area is 191 Å². The molecular weight excluding hydrogens is 424 g/mol. The minimum atomic E-state index is -0.235. The van der Waals surface area contributed by atoms with Crippen LogP contribution in [0.5, 0.6) is 0 Å². The molecule has 2 aromatic carbocycles. The number of nitrogen functional groups attached to an aromatic ring is 1. The van der Waals surface area contributed by atoms with Gasteiger partial charge in [-0.2, -0.15) is 0 Å². The van der Waals surface area contributed by atoms with Gasteiger partial charge in [0.1, 0.15) is 11.5 Å². The van der Waals surface area contributed by atoms with E-state index in [1.54, 1.807) is 30.5 Å². The second-order valence-corrected chi connectivity index (χ2v) is 7.82. The molecule has 0 radical (unpaired) electrons. The SMILES string of the molecule is Cc1ccc(CNCc2cnc(-c3ccc(C(=O)Nc4ccccc4N)cc3)c(Cl)c2)o1. The number of aryl methyl sites for hydroxylation is 1. The number of carbonyl (C=O) groups is 1. The summed E-state index contributed by atoms with van der Waals surface area (Å²) >= 11 is 6.49. The maximum Gasteiger partial charge on any atom is 0.255 e. The summed E-state index contributed by atoms with van der Waals surface area (Å²) in [6.45, 7) is 3.17. The topological polar surface area (TPSA) is 93.2 Å². The Balaban J connectivity index is 1.40. The van der Waals surface area contributed by atoms with E-state index in [9.17, 15) is 4.79 Å². The van der Waals surface area contributed by atoms with Crippen molar-refractivity contribution in [2.75, 3.05) is 11.1 Å². The van der Waals surface area contributed by atoms with Gasteiger partial charge in [0.2, 0.25) is 0 Å². The van der Waals surface area contributed by atoms with Gasteiger partial charge in [-0.15, -0.1) is 0 Å². The standard InChI is InChI=1S/C25H23ClN4O2/c1-16-6-11-20(32-16)15-28-13-17-12-21(26)24(29-14-17)18-7-9-19(10-8-18)25(31)30-23-5-3-2-4-22(23)27/h2-12,14,28H,13,15,27H2,1H3,(H,30,31). The molecule has 0 bridgehead atoms. The number of halogens is 1. The molecule has 0 unspecified atom stereocenters. The number of nitrogens with zero attached hydrogens (tertiary/aromatic N) is 1. The molecule has 0 aliphatic carbocycles. The number of pyridine rings is 1. The van der Waals surface area contributed by atoms with Gasteiger partial charge >= 0.3 is 0 Å². The van der Waals surface area contributed by atoms with Crippen molar-refractivity contribution in [3.63, 3.8) is 0 Å². The van der Waals surface area contributed by atoms with Crippen LogP contribution >= 0.6 is 11.6 Å². The molecule has 0 atom stereocenters. The van der Waals surface area contributed by atoms with Gasteiger partial charge in [0.15, 0.2) is 0 Å². The van der Waals surface area contributed by atoms with Crippen LogP contribution in [0.25, 0.3) is 11.3 Å². The number of nitrogens with two attached hydrogens (primary N) is 1. The van der Waals surface area contributed by atoms with Crippen LogP contribution in [-0.2, 0) is 13.1 Å². The van der Waals surface area contributed by atoms with Crippen LogP contribution in [0.1, 0.15) is 27.4 Å². The number of carbonyl (C=O) groups excluding carboxylic acids is 1. The summed E-state index contributed by atoms with van der Waals surface area (Å²) < 4.78 is 5.55. The maximum absolute atomic E-state index is 12.5. The van der Waals surface area contributed by atoms with Crippen molar-refractivity contribution in [1.82, 2.24) is 10.3 Å². The van der Waals surface area contributed by atoms with Crippen LogP contribution < -0.4 is 16.4 Å². The number of rotatable bonds is 7. The van der Waals surface area contributed by atoms with Crippen molar-refractivity contribution >= 4 is 28.9 Å². The Morgan fingerprint density at radius 3 is 2.53 bits per heavy atom. The number of hydrogen-bond donors (Lipinski definition) is 3. The lowest BCUT2D eigenvalue weighted by Gasteiger charge is -2.10. The average Bonchev–Trinajstić information content (AvgIpc) is 3.20. The van der Waals surface area contributed by atoms with Crippen LogP contribution in [0.15, 0.2) is 77.3 Å². The molecule has 4 rings (SSSR count). The Morgan fingerprint density at radius 2 is 1.84 bits per heavy atom. The first-order chi connectivity index (χ1) is 15.5. The zero-order chi connectivity index (χ0) is 22.5. The van der Waals surface area contributed by atoms with Crippen LogP contribution in [0.2, 0.25) is 5.02 Å². The maximum atomic E-state index is 12.5. The number of hydrogen-bond acceptors (Lipinski definition) is 5. The number of amides is 1. The average molecular weight is 447 g/mol. The third-order valence-electron chi connectivity index (χ3n) is 4.95. The normalized spacial score (nSPS) is 10.8. The van der Waals surface area contributed by atoms with Gasteiger partial charge < -0.3 is 20.8 Å². The van der Waals surface area contributed by atoms with Gasteiger partial charge in [-0.05, 0) is 55.0 Å². The first-order valence-corrected chi connectivity index (χ1v) is 10.5. The number of benzene rings is 2. The summed E-state index contributed by atoms with van der Waals surface area (Å²) in [5, 5.41) is 6.68. The van der Waals surface area contributed by atoms with E-state index in [1.165, 1.54) is 0 Å². The van der Waals surface area contributed by atoms with Gasteiger partial charge in [-0.25, -0.2) is 0 Å². The molecule has 0 saturated heterocycles. The fraction of sp³-hybridized carbons (Fsp3) is 0.120. The predicted molar refractivity (Wildman–Crippen MR) is 127 cm³/mol. The molecule has 0 saturated carbocycles. The van der Waals surface area contributed by atoms with Crippen molar-refractivity contribution < 1.29 is 9.21 Å². The van der Waals surface area contributed by atoms with E-state index in [0.29, 0.717) is 40.7 Å². The molecule has 1 amide bonds. The molecule has 4 N–H and O–H groups in total. The Morgan fingerprint density at radius 1 is 1.06 bits per heavy atom. The summed E-state index contributed by atoms with van der Waals surface area (Å²) in [5.41, 5.74) is 9.97. The van der Waals surface area contributed by atoms with E-state index in [4.69, 9.17) is 21.8 Å². The van der Waals surface area contributed by atoms with E-state index >= 15 is 0 Å². The zero-order valence-electron chi connectivity index (χ0n) is 17.6. The van der Waals surface area contributed by atoms with Gasteiger partial charge in [0.05, 0.1) is 28.6 Å². The predicted octanol–water partition coefficient (Wildman–Crippen LogP) is 5.43. The van der Waals surface area contributed by atoms with Crippen molar-refractivity contribution in [3.05, 3.63) is 101 Å². The highest BCUT2D eigenvalue weighted by atomic mass is 35.5. The highest BCUT2D eigenvalue weighted by Gasteiger charge is 2.11. The van der Waals surface area contributed by atoms with E-state index in [1.807, 2.05) is 49.4 Å². The van der Waals surface area contributed by atoms with Crippen molar-refractivity contribution in [2.24, 2.45) is 0 Å². The van der Waals surface area contributed by atoms with E-state index in [-0.39, 0.29) is 5.91 Å². The monoisotopic (exact) mass is 446 g/mol. The number of para-hydroxylation sites is 2. The lowest BCUT2D eigenvalue weighted by Crippen LogP contribution is -2.13. The van der Waals surface area contributed by atoms with Gasteiger partial charge in [-0.3, -0.25) is 9.78 Å². The highest BCUT2D eigenvalue weighted by Crippen LogP contribution is 2.27. The molecule has 2 heterocycles. The minimum Gasteiger partial charge on any atom is -0.465 e. The molecule has 0 aliphatic heterocycles. The smallest absolute Gasteiger partial charge is 0.255 e. The third kappa shape index (κ3) is 5.17. The van der Waals surface area contributed by atoms with E-state index in [0.717, 1.165) is 22.6 Å². The quantitative estimate of drug-likeness (QED) is 0.329. The molecular formula is C25H23ClN4O2. The second kappa shape index (κ2) is 9.68. The minimum absolute atomic E-state index is 0.235. The number of furan rings is 1. The Hall–Kier alpha value is -3.61. The summed E-state index contributed by atoms with van der Waals surface area (Å²) in [4.78, 5) is 17.0. The van der Waals surface area contributed by atoms with Gasteiger partial charge in [0.25, 0.3) is 5.91 Å². The molecule has 2 aromatic heterocycles. The number of aromatic nitrogens is 1. The number of nitrogens with one attached hydrogen (secondary N) is 2. The van der Waals surface area contributed by atoms with E-state index in [2.05, 4.69) is 15.6 Å². The second-order valence-electron chi connectivity index (χ2n) is 7.41. The molecule has 162 valence electrons. The number of anilines is 2. The summed E-state index contributed by atoms with van der Waals surface area (Å²) in [5.74, 6) is 1.54. The van der Waals surface area contributed by atoms with E-state index < -0.39 is 0 Å². The third-order valence-corrected chi connectivity index (χ3v) is 5.24. The van der Waals surface area contributed by atoms with Crippen molar-refractivity contribution in [1.29, 1.82) is 0 Å². The summed E-state index contributed by atoms with van der Waals surface area (Å²) in [6, 6.07) is 20.1. The Kier molecular flexibility index (Phi) is 6.54. The van der Waals surface area contributed by atoms with Crippen LogP contribution in [0, 0.1) is 6.92 Å². The summed E-state index contributed by atoms with van der Waals surface area (Å²) in [7, 11) is 0. The van der Waals surface area contributed by atoms with Crippen LogP contribution in [0.4, 0.5) is 11.4 Å². The molecule has 0 spiro atoms. The lowest BCUT2D eigenvalue weighted by atomic mass is 10.1. The lowest BCUT2D eigenvalue weighted by molar-refractivity contribution is 0.102. The van der Waals surface area contributed by atoms with Crippen molar-refractivity contribution in [2.45, 2.75) is 20.0 Å². The Bertz CT molecular complexity index is 1230. The first kappa shape index (κ1) is 21.6. The van der Waals surface area contributed by atoms with Crippen LogP contribution in [-0.4, -0.2) is 10.9 Å². The van der Waals surface area contributed by atoms with Crippen LogP contribution in [0.3, 0.4) is 0 Å². The molecule has 0 aliphatic rings. The fourth-order valence-electron chi connectivity index (χ4n) is 3.28. The molecule has 7 heteroatoms. The molecule has 32 heavy (non-hydrogen) atoms. The highest BCUT2D eigenvalue weighted by molar-refractivity contribution is 6.33. The summed E-state index contributed by atoms with van der Waals surface area (Å²) in [6.07, 6.45) is 1.79. The molecule has 6 nitrogen and oxygen atoms in total.